The molecule has 168 valence electrons. The number of hydrogen-bond donors (Lipinski definition) is 2. The van der Waals surface area contributed by atoms with Gasteiger partial charge in [-0.1, -0.05) is 48.5 Å². The van der Waals surface area contributed by atoms with Crippen LogP contribution < -0.4 is 4.74 Å². The minimum absolute atomic E-state index is 1.02. The van der Waals surface area contributed by atoms with Crippen LogP contribution in [0.4, 0.5) is 0 Å². The van der Waals surface area contributed by atoms with Gasteiger partial charge in [0.05, 0.1) is 7.11 Å². The van der Waals surface area contributed by atoms with Crippen molar-refractivity contribution in [1.82, 2.24) is 9.80 Å². The number of carboxylic acids is 2. The standard InChI is InChI=1S/C22H30N2O.C2H2O4/c1-25-22-12-6-5-11-21(22)13-15-24-18-16-23(17-19-24)14-7-10-20-8-3-2-4-9-20;3-1(4)2(5)6/h2-6,8-9,11-12H,7,10,13-19H2,1H3;(H,3,4)(H,5,6). The van der Waals surface area contributed by atoms with E-state index in [4.69, 9.17) is 24.5 Å². The monoisotopic (exact) mass is 428 g/mol. The SMILES string of the molecule is COc1ccccc1CCN1CCN(CCCc2ccccc2)CC1.O=C(O)C(=O)O. The van der Waals surface area contributed by atoms with E-state index in [0.29, 0.717) is 0 Å². The first-order chi connectivity index (χ1) is 15.0. The molecule has 0 aromatic heterocycles. The Morgan fingerprint density at radius 3 is 1.94 bits per heavy atom. The van der Waals surface area contributed by atoms with Crippen molar-refractivity contribution in [2.45, 2.75) is 19.3 Å². The maximum Gasteiger partial charge on any atom is 0.414 e. The molecule has 0 saturated carbocycles. The fourth-order valence-corrected chi connectivity index (χ4v) is 3.58. The zero-order valence-electron chi connectivity index (χ0n) is 18.1. The van der Waals surface area contributed by atoms with Crippen LogP contribution in [0.1, 0.15) is 17.5 Å². The summed E-state index contributed by atoms with van der Waals surface area (Å²) >= 11 is 0. The van der Waals surface area contributed by atoms with Gasteiger partial charge in [0.15, 0.2) is 0 Å². The van der Waals surface area contributed by atoms with Crippen molar-refractivity contribution < 1.29 is 24.5 Å². The van der Waals surface area contributed by atoms with Crippen LogP contribution in [0.3, 0.4) is 0 Å². The normalized spacial score (nSPS) is 14.4. The van der Waals surface area contributed by atoms with Gasteiger partial charge in [-0.2, -0.15) is 0 Å². The van der Waals surface area contributed by atoms with Crippen LogP contribution in [-0.2, 0) is 22.4 Å². The number of para-hydroxylation sites is 1. The maximum atomic E-state index is 9.10. The Hall–Kier alpha value is -2.90. The Kier molecular flexibility index (Phi) is 10.5. The number of aliphatic carboxylic acids is 2. The highest BCUT2D eigenvalue weighted by Gasteiger charge is 2.16. The van der Waals surface area contributed by atoms with Crippen molar-refractivity contribution in [3.8, 4) is 5.75 Å². The fraction of sp³-hybridized carbons (Fsp3) is 0.417. The van der Waals surface area contributed by atoms with Gasteiger partial charge in [-0.25, -0.2) is 9.59 Å². The van der Waals surface area contributed by atoms with E-state index in [1.165, 1.54) is 56.7 Å². The van der Waals surface area contributed by atoms with Crippen molar-refractivity contribution >= 4 is 11.9 Å². The lowest BCUT2D eigenvalue weighted by Gasteiger charge is -2.34. The number of benzene rings is 2. The molecule has 3 rings (SSSR count). The summed E-state index contributed by atoms with van der Waals surface area (Å²) in [4.78, 5) is 23.4. The first-order valence-electron chi connectivity index (χ1n) is 10.6. The highest BCUT2D eigenvalue weighted by molar-refractivity contribution is 6.27. The Morgan fingerprint density at radius 1 is 0.806 bits per heavy atom. The zero-order chi connectivity index (χ0) is 22.5. The summed E-state index contributed by atoms with van der Waals surface area (Å²) in [6, 6.07) is 19.2. The third kappa shape index (κ3) is 9.19. The number of nitrogens with zero attached hydrogens (tertiary/aromatic N) is 2. The molecule has 2 aromatic carbocycles. The van der Waals surface area contributed by atoms with E-state index in [2.05, 4.69) is 58.3 Å². The Balaban J connectivity index is 0.000000501. The predicted octanol–water partition coefficient (Wildman–Crippen LogP) is 2.64. The number of hydrogen-bond acceptors (Lipinski definition) is 5. The lowest BCUT2D eigenvalue weighted by atomic mass is 10.1. The van der Waals surface area contributed by atoms with Crippen LogP contribution in [0.2, 0.25) is 0 Å². The molecule has 1 fully saturated rings. The number of aryl methyl sites for hydroxylation is 1. The number of piperazine rings is 1. The first kappa shape index (κ1) is 24.4. The molecule has 0 amide bonds. The van der Waals surface area contributed by atoms with E-state index in [1.54, 1.807) is 7.11 Å². The smallest absolute Gasteiger partial charge is 0.414 e. The molecular weight excluding hydrogens is 396 g/mol. The van der Waals surface area contributed by atoms with Crippen molar-refractivity contribution in [3.05, 3.63) is 65.7 Å². The van der Waals surface area contributed by atoms with Crippen molar-refractivity contribution in [3.63, 3.8) is 0 Å². The van der Waals surface area contributed by atoms with Gasteiger partial charge in [-0.3, -0.25) is 0 Å². The molecule has 0 atom stereocenters. The van der Waals surface area contributed by atoms with E-state index in [9.17, 15) is 0 Å². The number of ether oxygens (including phenoxy) is 1. The Morgan fingerprint density at radius 2 is 1.35 bits per heavy atom. The summed E-state index contributed by atoms with van der Waals surface area (Å²) in [7, 11) is 1.76. The number of carboxylic acid groups (broad SMARTS) is 2. The molecule has 0 radical (unpaired) electrons. The minimum Gasteiger partial charge on any atom is -0.496 e. The van der Waals surface area contributed by atoms with E-state index in [0.717, 1.165) is 18.7 Å². The molecular formula is C24H32N2O5. The second-order valence-electron chi connectivity index (χ2n) is 7.44. The van der Waals surface area contributed by atoms with Gasteiger partial charge in [-0.05, 0) is 43.0 Å². The number of carbonyl (C=O) groups is 2. The number of methoxy groups -OCH3 is 1. The van der Waals surface area contributed by atoms with Crippen molar-refractivity contribution in [2.75, 3.05) is 46.4 Å². The lowest BCUT2D eigenvalue weighted by molar-refractivity contribution is -0.159. The van der Waals surface area contributed by atoms with Crippen LogP contribution in [-0.4, -0.2) is 78.3 Å². The molecule has 7 heteroatoms. The largest absolute Gasteiger partial charge is 0.496 e. The molecule has 0 unspecified atom stereocenters. The molecule has 0 aliphatic carbocycles. The summed E-state index contributed by atoms with van der Waals surface area (Å²) in [5.74, 6) is -2.63. The second kappa shape index (κ2) is 13.4. The van der Waals surface area contributed by atoms with E-state index < -0.39 is 11.9 Å². The fourth-order valence-electron chi connectivity index (χ4n) is 3.58. The van der Waals surface area contributed by atoms with Crippen LogP contribution >= 0.6 is 0 Å². The molecule has 1 saturated heterocycles. The highest BCUT2D eigenvalue weighted by atomic mass is 16.5. The minimum atomic E-state index is -1.82. The van der Waals surface area contributed by atoms with Gasteiger partial charge in [-0.15, -0.1) is 0 Å². The molecule has 2 N–H and O–H groups in total. The Labute approximate surface area is 183 Å². The zero-order valence-corrected chi connectivity index (χ0v) is 18.1. The summed E-state index contributed by atoms with van der Waals surface area (Å²) in [5, 5.41) is 14.8. The lowest BCUT2D eigenvalue weighted by Crippen LogP contribution is -2.47. The quantitative estimate of drug-likeness (QED) is 0.625. The molecule has 1 aliphatic heterocycles. The summed E-state index contributed by atoms with van der Waals surface area (Å²) in [6.45, 7) is 7.09. The highest BCUT2D eigenvalue weighted by Crippen LogP contribution is 2.18. The van der Waals surface area contributed by atoms with E-state index in [-0.39, 0.29) is 0 Å². The third-order valence-corrected chi connectivity index (χ3v) is 5.32. The van der Waals surface area contributed by atoms with Gasteiger partial charge < -0.3 is 24.7 Å². The van der Waals surface area contributed by atoms with Crippen LogP contribution in [0.25, 0.3) is 0 Å². The maximum absolute atomic E-state index is 9.10. The molecule has 1 aliphatic rings. The summed E-state index contributed by atoms with van der Waals surface area (Å²) in [6.07, 6.45) is 3.51. The summed E-state index contributed by atoms with van der Waals surface area (Å²) < 4.78 is 5.46. The van der Waals surface area contributed by atoms with Gasteiger partial charge in [0.2, 0.25) is 0 Å². The van der Waals surface area contributed by atoms with Crippen LogP contribution in [0, 0.1) is 0 Å². The van der Waals surface area contributed by atoms with Crippen molar-refractivity contribution in [2.24, 2.45) is 0 Å². The molecule has 31 heavy (non-hydrogen) atoms. The average molecular weight is 429 g/mol. The topological polar surface area (TPSA) is 90.3 Å². The second-order valence-corrected chi connectivity index (χ2v) is 7.44. The van der Waals surface area contributed by atoms with Gasteiger partial charge in [0.25, 0.3) is 0 Å². The van der Waals surface area contributed by atoms with Crippen LogP contribution in [0.15, 0.2) is 54.6 Å². The first-order valence-corrected chi connectivity index (χ1v) is 10.6. The molecule has 0 bridgehead atoms. The molecule has 7 nitrogen and oxygen atoms in total. The van der Waals surface area contributed by atoms with Gasteiger partial charge >= 0.3 is 11.9 Å². The van der Waals surface area contributed by atoms with Crippen LogP contribution in [0.5, 0.6) is 5.75 Å². The Bertz CT molecular complexity index is 793. The number of rotatable bonds is 8. The predicted molar refractivity (Wildman–Crippen MR) is 120 cm³/mol. The molecule has 2 aromatic rings. The average Bonchev–Trinajstić information content (AvgIpc) is 2.80. The van der Waals surface area contributed by atoms with E-state index in [1.807, 2.05) is 6.07 Å². The molecule has 1 heterocycles. The summed E-state index contributed by atoms with van der Waals surface area (Å²) in [5.41, 5.74) is 2.77. The van der Waals surface area contributed by atoms with Gasteiger partial charge in [0, 0.05) is 32.7 Å². The van der Waals surface area contributed by atoms with E-state index >= 15 is 0 Å². The third-order valence-electron chi connectivity index (χ3n) is 5.32. The van der Waals surface area contributed by atoms with Gasteiger partial charge in [0.1, 0.15) is 5.75 Å². The molecule has 0 spiro atoms. The van der Waals surface area contributed by atoms with Crippen molar-refractivity contribution in [1.29, 1.82) is 0 Å².